The Morgan fingerprint density at radius 2 is 0.719 bits per heavy atom. The first-order valence-corrected chi connectivity index (χ1v) is 37.7. The third-order valence-electron chi connectivity index (χ3n) is 18.6. The van der Waals surface area contributed by atoms with Gasteiger partial charge in [0.1, 0.15) is 48.8 Å². The van der Waals surface area contributed by atoms with Gasteiger partial charge in [0.25, 0.3) is 0 Å². The van der Waals surface area contributed by atoms with E-state index in [1.165, 1.54) is 263 Å². The average Bonchev–Trinajstić information content (AvgIpc) is 2.53. The van der Waals surface area contributed by atoms with Crippen molar-refractivity contribution in [2.45, 2.75) is 415 Å². The molecule has 0 aromatic carbocycles. The van der Waals surface area contributed by atoms with Gasteiger partial charge in [0.05, 0.1) is 32.0 Å². The fourth-order valence-electron chi connectivity index (χ4n) is 12.6. The molecule has 524 valence electrons. The molecule has 2 rings (SSSR count). The normalized spacial score (nSPS) is 23.2. The summed E-state index contributed by atoms with van der Waals surface area (Å²) in [4.78, 5) is 13.3. The molecule has 12 unspecified atom stereocenters. The topological polar surface area (TPSA) is 228 Å². The summed E-state index contributed by atoms with van der Waals surface area (Å²) >= 11 is 0. The summed E-state index contributed by atoms with van der Waals surface area (Å²) in [7, 11) is 0. The summed E-state index contributed by atoms with van der Waals surface area (Å²) in [5, 5.41) is 87.5. The number of ether oxygens (including phenoxy) is 4. The Morgan fingerprint density at radius 3 is 1.10 bits per heavy atom. The zero-order chi connectivity index (χ0) is 64.5. The van der Waals surface area contributed by atoms with Crippen molar-refractivity contribution in [2.24, 2.45) is 0 Å². The van der Waals surface area contributed by atoms with Crippen LogP contribution in [-0.2, 0) is 23.7 Å². The Labute approximate surface area is 544 Å². The molecule has 0 aromatic rings. The van der Waals surface area contributed by atoms with Crippen molar-refractivity contribution in [1.82, 2.24) is 5.32 Å². The molecule has 0 spiro atoms. The molecule has 0 radical (unpaired) electrons. The molecule has 0 aliphatic carbocycles. The lowest BCUT2D eigenvalue weighted by Gasteiger charge is -2.46. The van der Waals surface area contributed by atoms with Crippen LogP contribution in [0.5, 0.6) is 0 Å². The van der Waals surface area contributed by atoms with E-state index in [1.807, 2.05) is 6.08 Å². The smallest absolute Gasteiger partial charge is 0.220 e. The molecular formula is C75H141NO13. The van der Waals surface area contributed by atoms with Crippen LogP contribution < -0.4 is 5.32 Å². The van der Waals surface area contributed by atoms with Crippen molar-refractivity contribution in [1.29, 1.82) is 0 Å². The maximum absolute atomic E-state index is 13.3. The number of hydrogen-bond donors (Lipinski definition) is 9. The van der Waals surface area contributed by atoms with E-state index in [4.69, 9.17) is 18.9 Å². The lowest BCUT2D eigenvalue weighted by atomic mass is 9.97. The van der Waals surface area contributed by atoms with E-state index in [-0.39, 0.29) is 18.9 Å². The highest BCUT2D eigenvalue weighted by Crippen LogP contribution is 2.30. The van der Waals surface area contributed by atoms with E-state index in [1.54, 1.807) is 6.08 Å². The predicted molar refractivity (Wildman–Crippen MR) is 365 cm³/mol. The predicted octanol–water partition coefficient (Wildman–Crippen LogP) is 16.1. The molecule has 0 bridgehead atoms. The molecule has 2 fully saturated rings. The fourth-order valence-corrected chi connectivity index (χ4v) is 12.6. The van der Waals surface area contributed by atoms with Gasteiger partial charge in [-0.15, -0.1) is 0 Å². The molecular weight excluding hydrogens is 1120 g/mol. The highest BCUT2D eigenvalue weighted by molar-refractivity contribution is 5.76. The average molecular weight is 1260 g/mol. The number of carbonyl (C=O) groups is 1. The highest BCUT2D eigenvalue weighted by Gasteiger charge is 2.51. The van der Waals surface area contributed by atoms with Crippen molar-refractivity contribution in [3.63, 3.8) is 0 Å². The van der Waals surface area contributed by atoms with Gasteiger partial charge < -0.3 is 65.1 Å². The molecule has 0 aromatic heterocycles. The van der Waals surface area contributed by atoms with Crippen molar-refractivity contribution < 1.29 is 64.6 Å². The fraction of sp³-hybridized carbons (Fsp3) is 0.907. The first-order valence-electron chi connectivity index (χ1n) is 37.7. The van der Waals surface area contributed by atoms with Gasteiger partial charge in [-0.3, -0.25) is 4.79 Å². The summed E-state index contributed by atoms with van der Waals surface area (Å²) in [5.74, 6) is -0.246. The molecule has 2 aliphatic heterocycles. The number of hydrogen-bond acceptors (Lipinski definition) is 13. The number of nitrogens with one attached hydrogen (secondary N) is 1. The lowest BCUT2D eigenvalue weighted by molar-refractivity contribution is -0.359. The Hall–Kier alpha value is -1.79. The van der Waals surface area contributed by atoms with E-state index in [9.17, 15) is 45.6 Å². The first-order chi connectivity index (χ1) is 43.6. The largest absolute Gasteiger partial charge is 0.394 e. The Bertz CT molecular complexity index is 1630. The maximum Gasteiger partial charge on any atom is 0.220 e. The zero-order valence-electron chi connectivity index (χ0n) is 57.2. The van der Waals surface area contributed by atoms with E-state index in [0.717, 1.165) is 44.9 Å². The summed E-state index contributed by atoms with van der Waals surface area (Å²) in [6.45, 7) is 2.84. The molecule has 12 atom stereocenters. The van der Waals surface area contributed by atoms with Crippen LogP contribution in [-0.4, -0.2) is 140 Å². The molecule has 9 N–H and O–H groups in total. The minimum Gasteiger partial charge on any atom is -0.394 e. The first kappa shape index (κ1) is 83.3. The molecule has 14 nitrogen and oxygen atoms in total. The second-order valence-electron chi connectivity index (χ2n) is 26.8. The molecule has 2 aliphatic rings. The minimum atomic E-state index is -1.79. The van der Waals surface area contributed by atoms with E-state index in [2.05, 4.69) is 43.5 Å². The minimum absolute atomic E-state index is 0.246. The van der Waals surface area contributed by atoms with Crippen LogP contribution in [0, 0.1) is 0 Å². The molecule has 0 saturated carbocycles. The summed E-state index contributed by atoms with van der Waals surface area (Å²) in [5.41, 5.74) is 0. The van der Waals surface area contributed by atoms with E-state index in [0.29, 0.717) is 12.8 Å². The van der Waals surface area contributed by atoms with Gasteiger partial charge in [-0.2, -0.15) is 0 Å². The van der Waals surface area contributed by atoms with Crippen molar-refractivity contribution in [3.05, 3.63) is 36.5 Å². The van der Waals surface area contributed by atoms with E-state index >= 15 is 0 Å². The van der Waals surface area contributed by atoms with Gasteiger partial charge in [0.2, 0.25) is 5.91 Å². The lowest BCUT2D eigenvalue weighted by Crippen LogP contribution is -2.65. The third kappa shape index (κ3) is 43.7. The van der Waals surface area contributed by atoms with Crippen LogP contribution in [0.15, 0.2) is 36.5 Å². The molecule has 2 heterocycles. The Balaban J connectivity index is 1.67. The number of amides is 1. The molecule has 89 heavy (non-hydrogen) atoms. The second kappa shape index (κ2) is 59.9. The maximum atomic E-state index is 13.3. The van der Waals surface area contributed by atoms with Crippen molar-refractivity contribution in [3.8, 4) is 0 Å². The SMILES string of the molecule is CCCCCCCCCCCCCCCCCCC/C=C/CC/C=C/CC/C=C/C(O)C(COC1OC(CO)C(OC2OC(CO)C(O)C(O)C2O)C(O)C1O)NC(=O)CCCCCCCCCCCCCCCCCCCCCCCCCCCCCC. The van der Waals surface area contributed by atoms with Gasteiger partial charge in [-0.1, -0.05) is 326 Å². The number of carbonyl (C=O) groups excluding carboxylic acids is 1. The number of rotatable bonds is 63. The Morgan fingerprint density at radius 1 is 0.393 bits per heavy atom. The van der Waals surface area contributed by atoms with Gasteiger partial charge in [-0.25, -0.2) is 0 Å². The van der Waals surface area contributed by atoms with Crippen LogP contribution in [0.2, 0.25) is 0 Å². The summed E-state index contributed by atoms with van der Waals surface area (Å²) < 4.78 is 22.9. The zero-order valence-corrected chi connectivity index (χ0v) is 57.2. The van der Waals surface area contributed by atoms with Crippen molar-refractivity contribution >= 4 is 5.91 Å². The van der Waals surface area contributed by atoms with Gasteiger partial charge in [-0.05, 0) is 44.9 Å². The second-order valence-corrected chi connectivity index (χ2v) is 26.8. The van der Waals surface area contributed by atoms with E-state index < -0.39 is 86.8 Å². The van der Waals surface area contributed by atoms with Gasteiger partial charge >= 0.3 is 0 Å². The summed E-state index contributed by atoms with van der Waals surface area (Å²) in [6, 6.07) is -0.937. The molecule has 2 saturated heterocycles. The molecule has 14 heteroatoms. The number of aliphatic hydroxyl groups is 8. The monoisotopic (exact) mass is 1260 g/mol. The van der Waals surface area contributed by atoms with Gasteiger partial charge in [0, 0.05) is 6.42 Å². The van der Waals surface area contributed by atoms with Crippen LogP contribution in [0.4, 0.5) is 0 Å². The third-order valence-corrected chi connectivity index (χ3v) is 18.6. The number of unbranched alkanes of at least 4 members (excludes halogenated alkanes) is 46. The van der Waals surface area contributed by atoms with Crippen molar-refractivity contribution in [2.75, 3.05) is 19.8 Å². The van der Waals surface area contributed by atoms with Crippen LogP contribution in [0.25, 0.3) is 0 Å². The number of aliphatic hydroxyl groups excluding tert-OH is 8. The quantitative estimate of drug-likeness (QED) is 0.0204. The number of allylic oxidation sites excluding steroid dienone is 5. The Kier molecular flexibility index (Phi) is 56.1. The highest BCUT2D eigenvalue weighted by atomic mass is 16.7. The van der Waals surface area contributed by atoms with Gasteiger partial charge in [0.15, 0.2) is 12.6 Å². The van der Waals surface area contributed by atoms with Crippen LogP contribution >= 0.6 is 0 Å². The standard InChI is InChI=1S/C75H141NO13/c1-3-5-7-9-11-13-15-17-19-21-23-25-27-29-31-33-35-37-39-41-43-45-47-49-51-53-55-57-59-67(80)76-63(62-86-74-72(85)70(83)73(66(61-78)88-74)89-75-71(84)69(82)68(81)65(60-77)87-75)64(79)58-56-54-52-50-48-46-44-42-40-38-36-34-32-30-28-26-24-22-20-18-16-14-12-10-8-6-4-2/h40,42,48,50,56,58,63-66,68-75,77-79,81-85H,3-39,41,43-47,49,51-55,57,59-62H2,1-2H3,(H,76,80)/b42-40+,50-48+,58-56+. The molecule has 1 amide bonds. The van der Waals surface area contributed by atoms with Crippen LogP contribution in [0.1, 0.15) is 341 Å². The summed E-state index contributed by atoms with van der Waals surface area (Å²) in [6.07, 6.45) is 60.8. The van der Waals surface area contributed by atoms with Crippen LogP contribution in [0.3, 0.4) is 0 Å².